The van der Waals surface area contributed by atoms with Gasteiger partial charge in [-0.3, -0.25) is 4.98 Å². The van der Waals surface area contributed by atoms with Crippen LogP contribution in [0.4, 0.5) is 13.2 Å². The Kier molecular flexibility index (Phi) is 3.74. The molecule has 18 heavy (non-hydrogen) atoms. The standard InChI is InChI=1S/C11H7BrF3NOS/c12-7-3-4-18-10(7)9(17)8-2-1-6(5-16-8)11(13,14)15/h1-5,9,17H. The van der Waals surface area contributed by atoms with Gasteiger partial charge in [-0.1, -0.05) is 0 Å². The summed E-state index contributed by atoms with van der Waals surface area (Å²) >= 11 is 4.56. The Hall–Kier alpha value is -0.920. The molecule has 96 valence electrons. The molecule has 7 heteroatoms. The van der Waals surface area contributed by atoms with Crippen LogP contribution in [0.1, 0.15) is 22.2 Å². The first-order valence-corrected chi connectivity index (χ1v) is 6.51. The monoisotopic (exact) mass is 337 g/mol. The molecule has 0 saturated heterocycles. The number of nitrogens with zero attached hydrogens (tertiary/aromatic N) is 1. The number of pyridine rings is 1. The molecule has 0 spiro atoms. The fraction of sp³-hybridized carbons (Fsp3) is 0.182. The first-order chi connectivity index (χ1) is 8.39. The number of hydrogen-bond acceptors (Lipinski definition) is 3. The van der Waals surface area contributed by atoms with E-state index in [0.29, 0.717) is 9.35 Å². The number of thiophene rings is 1. The molecular weight excluding hydrogens is 331 g/mol. The van der Waals surface area contributed by atoms with E-state index in [1.807, 2.05) is 0 Å². The third-order valence-corrected chi connectivity index (χ3v) is 4.21. The first-order valence-electron chi connectivity index (χ1n) is 4.83. The van der Waals surface area contributed by atoms with Gasteiger partial charge in [0, 0.05) is 10.7 Å². The second-order valence-electron chi connectivity index (χ2n) is 3.50. The summed E-state index contributed by atoms with van der Waals surface area (Å²) in [6.45, 7) is 0. The third-order valence-electron chi connectivity index (χ3n) is 2.29. The Bertz CT molecular complexity index is 538. The number of rotatable bonds is 2. The van der Waals surface area contributed by atoms with Gasteiger partial charge >= 0.3 is 6.18 Å². The molecule has 0 aliphatic heterocycles. The van der Waals surface area contributed by atoms with E-state index >= 15 is 0 Å². The lowest BCUT2D eigenvalue weighted by Gasteiger charge is -2.11. The fourth-order valence-corrected chi connectivity index (χ4v) is 2.95. The Morgan fingerprint density at radius 1 is 1.28 bits per heavy atom. The average Bonchev–Trinajstić information content (AvgIpc) is 2.73. The van der Waals surface area contributed by atoms with Gasteiger partial charge in [0.1, 0.15) is 6.10 Å². The Balaban J connectivity index is 2.28. The summed E-state index contributed by atoms with van der Waals surface area (Å²) in [4.78, 5) is 4.27. The van der Waals surface area contributed by atoms with Crippen molar-refractivity contribution in [3.8, 4) is 0 Å². The molecule has 2 nitrogen and oxygen atoms in total. The van der Waals surface area contributed by atoms with Gasteiger partial charge in [-0.15, -0.1) is 11.3 Å². The van der Waals surface area contributed by atoms with Gasteiger partial charge in [-0.25, -0.2) is 0 Å². The van der Waals surface area contributed by atoms with Gasteiger partial charge in [0.2, 0.25) is 0 Å². The molecule has 0 aromatic carbocycles. The zero-order valence-electron chi connectivity index (χ0n) is 8.78. The van der Waals surface area contributed by atoms with E-state index in [1.54, 1.807) is 11.4 Å². The SMILES string of the molecule is OC(c1ccc(C(F)(F)F)cn1)c1sccc1Br. The molecule has 0 amide bonds. The molecular formula is C11H7BrF3NOS. The zero-order valence-corrected chi connectivity index (χ0v) is 11.2. The van der Waals surface area contributed by atoms with Crippen LogP contribution in [0.5, 0.6) is 0 Å². The summed E-state index contributed by atoms with van der Waals surface area (Å²) in [5, 5.41) is 11.8. The van der Waals surface area contributed by atoms with Crippen LogP contribution in [0.2, 0.25) is 0 Å². The quantitative estimate of drug-likeness (QED) is 0.898. The molecule has 0 fully saturated rings. The fourth-order valence-electron chi connectivity index (χ4n) is 1.37. The molecule has 2 aromatic heterocycles. The minimum Gasteiger partial charge on any atom is -0.381 e. The van der Waals surface area contributed by atoms with Gasteiger partial charge in [-0.05, 0) is 39.5 Å². The normalized spacial score (nSPS) is 13.6. The lowest BCUT2D eigenvalue weighted by Crippen LogP contribution is -2.07. The first kappa shape index (κ1) is 13.5. The highest BCUT2D eigenvalue weighted by Gasteiger charge is 2.31. The summed E-state index contributed by atoms with van der Waals surface area (Å²) in [5.74, 6) is 0. The van der Waals surface area contributed by atoms with E-state index in [1.165, 1.54) is 17.4 Å². The van der Waals surface area contributed by atoms with Crippen molar-refractivity contribution >= 4 is 27.3 Å². The number of aliphatic hydroxyl groups is 1. The van der Waals surface area contributed by atoms with Gasteiger partial charge in [-0.2, -0.15) is 13.2 Å². The van der Waals surface area contributed by atoms with E-state index in [-0.39, 0.29) is 5.69 Å². The molecule has 1 N–H and O–H groups in total. The van der Waals surface area contributed by atoms with Crippen LogP contribution in [0.25, 0.3) is 0 Å². The zero-order chi connectivity index (χ0) is 13.3. The van der Waals surface area contributed by atoms with Gasteiger partial charge in [0.05, 0.1) is 16.1 Å². The average molecular weight is 338 g/mol. The maximum atomic E-state index is 12.4. The van der Waals surface area contributed by atoms with Crippen LogP contribution in [-0.4, -0.2) is 10.1 Å². The Labute approximate surface area is 113 Å². The minimum atomic E-state index is -4.42. The molecule has 2 aromatic rings. The molecule has 0 saturated carbocycles. The third kappa shape index (κ3) is 2.73. The molecule has 0 aliphatic carbocycles. The maximum absolute atomic E-state index is 12.4. The van der Waals surface area contributed by atoms with Crippen LogP contribution in [0.3, 0.4) is 0 Å². The molecule has 1 atom stereocenters. The number of halogens is 4. The lowest BCUT2D eigenvalue weighted by molar-refractivity contribution is -0.137. The summed E-state index contributed by atoms with van der Waals surface area (Å²) in [6.07, 6.45) is -4.72. The second kappa shape index (κ2) is 4.99. The van der Waals surface area contributed by atoms with Gasteiger partial charge < -0.3 is 5.11 Å². The number of hydrogen-bond donors (Lipinski definition) is 1. The maximum Gasteiger partial charge on any atom is 0.417 e. The molecule has 0 bridgehead atoms. The molecule has 0 radical (unpaired) electrons. The van der Waals surface area contributed by atoms with Crippen molar-refractivity contribution in [3.63, 3.8) is 0 Å². The molecule has 2 heterocycles. The highest BCUT2D eigenvalue weighted by Crippen LogP contribution is 2.33. The lowest BCUT2D eigenvalue weighted by atomic mass is 10.1. The van der Waals surface area contributed by atoms with E-state index in [9.17, 15) is 18.3 Å². The van der Waals surface area contributed by atoms with Crippen LogP contribution in [0.15, 0.2) is 34.2 Å². The molecule has 0 aliphatic rings. The summed E-state index contributed by atoms with van der Waals surface area (Å²) < 4.78 is 37.8. The topological polar surface area (TPSA) is 33.1 Å². The largest absolute Gasteiger partial charge is 0.417 e. The Morgan fingerprint density at radius 2 is 2.00 bits per heavy atom. The highest BCUT2D eigenvalue weighted by atomic mass is 79.9. The van der Waals surface area contributed by atoms with Crippen molar-refractivity contribution in [1.82, 2.24) is 4.98 Å². The van der Waals surface area contributed by atoms with Gasteiger partial charge in [0.15, 0.2) is 0 Å². The van der Waals surface area contributed by atoms with Crippen molar-refractivity contribution in [2.75, 3.05) is 0 Å². The summed E-state index contributed by atoms with van der Waals surface area (Å²) in [7, 11) is 0. The number of alkyl halides is 3. The van der Waals surface area contributed by atoms with Crippen molar-refractivity contribution in [2.24, 2.45) is 0 Å². The van der Waals surface area contributed by atoms with E-state index in [4.69, 9.17) is 0 Å². The van der Waals surface area contributed by atoms with Crippen LogP contribution < -0.4 is 0 Å². The second-order valence-corrected chi connectivity index (χ2v) is 5.31. The Morgan fingerprint density at radius 3 is 2.44 bits per heavy atom. The smallest absolute Gasteiger partial charge is 0.381 e. The van der Waals surface area contributed by atoms with Crippen molar-refractivity contribution in [2.45, 2.75) is 12.3 Å². The van der Waals surface area contributed by atoms with E-state index in [0.717, 1.165) is 12.3 Å². The molecule has 1 unspecified atom stereocenters. The van der Waals surface area contributed by atoms with Crippen LogP contribution >= 0.6 is 27.3 Å². The summed E-state index contributed by atoms with van der Waals surface area (Å²) in [6, 6.07) is 3.85. The van der Waals surface area contributed by atoms with Crippen molar-refractivity contribution < 1.29 is 18.3 Å². The predicted molar refractivity (Wildman–Crippen MR) is 65.3 cm³/mol. The van der Waals surface area contributed by atoms with Crippen LogP contribution in [-0.2, 0) is 6.18 Å². The van der Waals surface area contributed by atoms with Gasteiger partial charge in [0.25, 0.3) is 0 Å². The van der Waals surface area contributed by atoms with E-state index in [2.05, 4.69) is 20.9 Å². The van der Waals surface area contributed by atoms with E-state index < -0.39 is 17.8 Å². The van der Waals surface area contributed by atoms with Crippen molar-refractivity contribution in [1.29, 1.82) is 0 Å². The minimum absolute atomic E-state index is 0.186. The number of aliphatic hydroxyl groups excluding tert-OH is 1. The highest BCUT2D eigenvalue weighted by molar-refractivity contribution is 9.10. The molecule has 2 rings (SSSR count). The summed E-state index contributed by atoms with van der Waals surface area (Å²) in [5.41, 5.74) is -0.644. The number of aromatic nitrogens is 1. The van der Waals surface area contributed by atoms with Crippen molar-refractivity contribution in [3.05, 3.63) is 50.4 Å². The predicted octanol–water partition coefficient (Wildman–Crippen LogP) is 4.01. The van der Waals surface area contributed by atoms with Crippen LogP contribution in [0, 0.1) is 0 Å².